The molecule has 1 aliphatic rings. The Morgan fingerprint density at radius 3 is 2.59 bits per heavy atom. The molecular weight excluding hydrogens is 346 g/mol. The van der Waals surface area contributed by atoms with E-state index in [0.29, 0.717) is 6.54 Å². The summed E-state index contributed by atoms with van der Waals surface area (Å²) in [6.07, 6.45) is 2.43. The van der Waals surface area contributed by atoms with E-state index >= 15 is 0 Å². The first-order valence-electron chi connectivity index (χ1n) is 9.49. The van der Waals surface area contributed by atoms with Gasteiger partial charge in [0.25, 0.3) is 0 Å². The lowest BCUT2D eigenvalue weighted by Gasteiger charge is -2.39. The smallest absolute Gasteiger partial charge is 0.219 e. The number of hydrogen-bond donors (Lipinski definition) is 1. The van der Waals surface area contributed by atoms with Crippen LogP contribution in [-0.4, -0.2) is 36.5 Å². The molecule has 2 atom stereocenters. The van der Waals surface area contributed by atoms with Crippen LogP contribution in [0.4, 0.5) is 8.78 Å². The first kappa shape index (κ1) is 19.5. The first-order chi connectivity index (χ1) is 13.0. The van der Waals surface area contributed by atoms with Gasteiger partial charge >= 0.3 is 0 Å². The monoisotopic (exact) mass is 372 g/mol. The molecular formula is C22H26F2N2O. The van der Waals surface area contributed by atoms with Crippen LogP contribution in [0.1, 0.15) is 24.5 Å². The number of rotatable bonds is 6. The number of carbonyl (C=O) groups is 1. The molecule has 1 heterocycles. The van der Waals surface area contributed by atoms with Gasteiger partial charge in [-0.2, -0.15) is 0 Å². The van der Waals surface area contributed by atoms with Gasteiger partial charge in [-0.3, -0.25) is 4.79 Å². The Kier molecular flexibility index (Phi) is 6.56. The van der Waals surface area contributed by atoms with Gasteiger partial charge in [0, 0.05) is 26.1 Å². The van der Waals surface area contributed by atoms with E-state index in [1.165, 1.54) is 18.2 Å². The third kappa shape index (κ3) is 5.60. The number of amides is 1. The fourth-order valence-electron chi connectivity index (χ4n) is 3.81. The molecule has 5 heteroatoms. The number of nitrogens with zero attached hydrogens (tertiary/aromatic N) is 1. The molecule has 144 valence electrons. The fraction of sp³-hybridized carbons (Fsp3) is 0.409. The van der Waals surface area contributed by atoms with E-state index in [-0.39, 0.29) is 29.5 Å². The highest BCUT2D eigenvalue weighted by molar-refractivity contribution is 5.73. The van der Waals surface area contributed by atoms with E-state index in [2.05, 4.69) is 5.32 Å². The summed E-state index contributed by atoms with van der Waals surface area (Å²) in [5.74, 6) is -0.0908. The second-order valence-corrected chi connectivity index (χ2v) is 7.28. The molecule has 0 bridgehead atoms. The number of benzene rings is 2. The zero-order valence-electron chi connectivity index (χ0n) is 15.6. The van der Waals surface area contributed by atoms with Gasteiger partial charge in [-0.15, -0.1) is 0 Å². The Labute approximate surface area is 159 Å². The van der Waals surface area contributed by atoms with Crippen LogP contribution in [0.5, 0.6) is 0 Å². The van der Waals surface area contributed by atoms with Gasteiger partial charge < -0.3 is 10.2 Å². The van der Waals surface area contributed by atoms with Crippen LogP contribution < -0.4 is 5.32 Å². The highest BCUT2D eigenvalue weighted by Gasteiger charge is 2.30. The maximum atomic E-state index is 13.3. The summed E-state index contributed by atoms with van der Waals surface area (Å²) in [6, 6.07) is 13.5. The largest absolute Gasteiger partial charge is 0.343 e. The molecule has 27 heavy (non-hydrogen) atoms. The molecule has 2 aromatic rings. The van der Waals surface area contributed by atoms with Gasteiger partial charge in [0.2, 0.25) is 5.91 Å². The Morgan fingerprint density at radius 2 is 1.89 bits per heavy atom. The van der Waals surface area contributed by atoms with Crippen molar-refractivity contribution in [3.05, 3.63) is 71.3 Å². The molecule has 3 nitrogen and oxygen atoms in total. The van der Waals surface area contributed by atoms with Gasteiger partial charge in [-0.05, 0) is 67.1 Å². The van der Waals surface area contributed by atoms with Gasteiger partial charge in [-0.25, -0.2) is 8.78 Å². The summed E-state index contributed by atoms with van der Waals surface area (Å²) in [4.78, 5) is 13.7. The van der Waals surface area contributed by atoms with Crippen LogP contribution in [0.25, 0.3) is 0 Å². The lowest BCUT2D eigenvalue weighted by Crippen LogP contribution is -2.51. The first-order valence-corrected chi connectivity index (χ1v) is 9.49. The number of halogens is 2. The predicted octanol–water partition coefficient (Wildman–Crippen LogP) is 3.58. The number of carbonyl (C=O) groups excluding carboxylic acids is 1. The van der Waals surface area contributed by atoms with Gasteiger partial charge in [-0.1, -0.05) is 24.3 Å². The Hall–Kier alpha value is -2.27. The van der Waals surface area contributed by atoms with Crippen molar-refractivity contribution < 1.29 is 13.6 Å². The van der Waals surface area contributed by atoms with Crippen molar-refractivity contribution >= 4 is 5.91 Å². The van der Waals surface area contributed by atoms with Crippen molar-refractivity contribution in [3.8, 4) is 0 Å². The molecule has 1 N–H and O–H groups in total. The summed E-state index contributed by atoms with van der Waals surface area (Å²) >= 11 is 0. The van der Waals surface area contributed by atoms with E-state index in [9.17, 15) is 13.6 Å². The molecule has 2 aromatic carbocycles. The molecule has 1 saturated heterocycles. The van der Waals surface area contributed by atoms with Crippen molar-refractivity contribution in [3.63, 3.8) is 0 Å². The fourth-order valence-corrected chi connectivity index (χ4v) is 3.81. The summed E-state index contributed by atoms with van der Waals surface area (Å²) in [5.41, 5.74) is 2.04. The standard InChI is InChI=1S/C22H26F2N2O/c1-16(27)26-12-10-22(25-11-9-17-3-2-4-21(24)14-17)19(15-26)13-18-5-7-20(23)8-6-18/h2-8,14,19,22,25H,9-13,15H2,1H3/t19-,22+/m1/s1. The van der Waals surface area contributed by atoms with Crippen molar-refractivity contribution in [1.82, 2.24) is 10.2 Å². The Morgan fingerprint density at radius 1 is 1.11 bits per heavy atom. The Balaban J connectivity index is 1.61. The van der Waals surface area contributed by atoms with Crippen LogP contribution in [0.15, 0.2) is 48.5 Å². The predicted molar refractivity (Wildman–Crippen MR) is 102 cm³/mol. The number of piperidine rings is 1. The van der Waals surface area contributed by atoms with Gasteiger partial charge in [0.05, 0.1) is 0 Å². The van der Waals surface area contributed by atoms with E-state index in [1.54, 1.807) is 19.1 Å². The van der Waals surface area contributed by atoms with E-state index < -0.39 is 0 Å². The van der Waals surface area contributed by atoms with E-state index in [4.69, 9.17) is 0 Å². The van der Waals surface area contributed by atoms with Crippen molar-refractivity contribution in [2.75, 3.05) is 19.6 Å². The maximum Gasteiger partial charge on any atom is 0.219 e. The quantitative estimate of drug-likeness (QED) is 0.841. The molecule has 0 saturated carbocycles. The summed E-state index contributed by atoms with van der Waals surface area (Å²) in [5, 5.41) is 3.60. The number of likely N-dealkylation sites (tertiary alicyclic amines) is 1. The normalized spacial score (nSPS) is 19.9. The average molecular weight is 372 g/mol. The molecule has 1 amide bonds. The topological polar surface area (TPSA) is 32.3 Å². The SMILES string of the molecule is CC(=O)N1CC[C@H](NCCc2cccc(F)c2)[C@H](Cc2ccc(F)cc2)C1. The zero-order valence-corrected chi connectivity index (χ0v) is 15.6. The number of hydrogen-bond acceptors (Lipinski definition) is 2. The average Bonchev–Trinajstić information content (AvgIpc) is 2.64. The second kappa shape index (κ2) is 9.09. The minimum absolute atomic E-state index is 0.0947. The lowest BCUT2D eigenvalue weighted by atomic mass is 9.86. The minimum Gasteiger partial charge on any atom is -0.343 e. The van der Waals surface area contributed by atoms with Crippen LogP contribution >= 0.6 is 0 Å². The third-order valence-corrected chi connectivity index (χ3v) is 5.30. The van der Waals surface area contributed by atoms with E-state index in [0.717, 1.165) is 43.5 Å². The maximum absolute atomic E-state index is 13.3. The molecule has 0 aliphatic carbocycles. The molecule has 1 aliphatic heterocycles. The van der Waals surface area contributed by atoms with Crippen LogP contribution in [-0.2, 0) is 17.6 Å². The second-order valence-electron chi connectivity index (χ2n) is 7.28. The third-order valence-electron chi connectivity index (χ3n) is 5.30. The molecule has 0 aromatic heterocycles. The van der Waals surface area contributed by atoms with Crippen LogP contribution in [0, 0.1) is 17.6 Å². The van der Waals surface area contributed by atoms with Crippen LogP contribution in [0.2, 0.25) is 0 Å². The Bertz CT molecular complexity index is 763. The van der Waals surface area contributed by atoms with Crippen molar-refractivity contribution in [2.45, 2.75) is 32.2 Å². The van der Waals surface area contributed by atoms with E-state index in [1.807, 2.05) is 23.1 Å². The molecule has 0 spiro atoms. The highest BCUT2D eigenvalue weighted by Crippen LogP contribution is 2.22. The van der Waals surface area contributed by atoms with Crippen LogP contribution in [0.3, 0.4) is 0 Å². The number of nitrogens with one attached hydrogen (secondary N) is 1. The minimum atomic E-state index is -0.238. The van der Waals surface area contributed by atoms with Gasteiger partial charge in [0.15, 0.2) is 0 Å². The highest BCUT2D eigenvalue weighted by atomic mass is 19.1. The summed E-state index contributed by atoms with van der Waals surface area (Å²) in [7, 11) is 0. The van der Waals surface area contributed by atoms with Crippen molar-refractivity contribution in [1.29, 1.82) is 0 Å². The van der Waals surface area contributed by atoms with Crippen molar-refractivity contribution in [2.24, 2.45) is 5.92 Å². The lowest BCUT2D eigenvalue weighted by molar-refractivity contribution is -0.131. The van der Waals surface area contributed by atoms with Gasteiger partial charge in [0.1, 0.15) is 11.6 Å². The summed E-state index contributed by atoms with van der Waals surface area (Å²) in [6.45, 7) is 3.80. The molecule has 1 fully saturated rings. The molecule has 0 radical (unpaired) electrons. The molecule has 0 unspecified atom stereocenters. The molecule has 3 rings (SSSR count). The zero-order chi connectivity index (χ0) is 19.2. The summed E-state index contributed by atoms with van der Waals surface area (Å²) < 4.78 is 26.5.